The maximum absolute atomic E-state index is 11.8. The molecule has 0 radical (unpaired) electrons. The maximum Gasteiger partial charge on any atom is 0.336 e. The monoisotopic (exact) mass is 439 g/mol. The number of rotatable bonds is 4. The summed E-state index contributed by atoms with van der Waals surface area (Å²) in [4.78, 5) is 11.8. The smallest absolute Gasteiger partial charge is 0.336 e. The van der Waals surface area contributed by atoms with Gasteiger partial charge in [-0.2, -0.15) is 0 Å². The quantitative estimate of drug-likeness (QED) is 0.599. The van der Waals surface area contributed by atoms with Gasteiger partial charge < -0.3 is 33.8 Å². The second kappa shape index (κ2) is 8.65. The minimum atomic E-state index is -0.936. The number of nitrogens with one attached hydrogen (secondary N) is 1. The Morgan fingerprint density at radius 3 is 2.69 bits per heavy atom. The van der Waals surface area contributed by atoms with Gasteiger partial charge in [-0.1, -0.05) is 30.3 Å². The zero-order valence-electron chi connectivity index (χ0n) is 17.8. The van der Waals surface area contributed by atoms with E-state index < -0.39 is 42.6 Å². The highest BCUT2D eigenvalue weighted by Crippen LogP contribution is 2.35. The van der Waals surface area contributed by atoms with Crippen LogP contribution in [0.2, 0.25) is 0 Å². The first-order chi connectivity index (χ1) is 15.5. The van der Waals surface area contributed by atoms with Crippen molar-refractivity contribution in [2.24, 2.45) is 0 Å². The van der Waals surface area contributed by atoms with Crippen molar-refractivity contribution >= 4 is 16.7 Å². The first kappa shape index (κ1) is 21.1. The Kier molecular flexibility index (Phi) is 5.71. The summed E-state index contributed by atoms with van der Waals surface area (Å²) >= 11 is 0. The molecule has 6 atom stereocenters. The largest absolute Gasteiger partial charge is 0.423 e. The number of benzene rings is 2. The molecule has 3 heterocycles. The number of hydrogen-bond acceptors (Lipinski definition) is 8. The highest BCUT2D eigenvalue weighted by molar-refractivity contribution is 5.83. The van der Waals surface area contributed by atoms with Crippen LogP contribution in [0.15, 0.2) is 63.8 Å². The molecule has 6 unspecified atom stereocenters. The lowest BCUT2D eigenvalue weighted by Crippen LogP contribution is -2.64. The zero-order valence-corrected chi connectivity index (χ0v) is 17.8. The molecular weight excluding hydrogens is 414 g/mol. The molecule has 0 aliphatic carbocycles. The van der Waals surface area contributed by atoms with E-state index in [1.54, 1.807) is 6.07 Å². The van der Waals surface area contributed by atoms with Crippen LogP contribution in [-0.2, 0) is 18.9 Å². The Morgan fingerprint density at radius 2 is 1.91 bits per heavy atom. The average molecular weight is 439 g/mol. The van der Waals surface area contributed by atoms with Crippen LogP contribution in [0, 0.1) is 6.92 Å². The van der Waals surface area contributed by atoms with Crippen molar-refractivity contribution in [1.29, 1.82) is 0 Å². The van der Waals surface area contributed by atoms with Crippen LogP contribution in [0.5, 0.6) is 0 Å². The van der Waals surface area contributed by atoms with Crippen molar-refractivity contribution in [3.05, 3.63) is 76.1 Å². The number of hydrogen-bond donors (Lipinski definition) is 2. The fourth-order valence-electron chi connectivity index (χ4n) is 4.33. The average Bonchev–Trinajstić information content (AvgIpc) is 2.80. The van der Waals surface area contributed by atoms with Gasteiger partial charge in [0.1, 0.15) is 29.9 Å². The molecule has 2 N–H and O–H groups in total. The lowest BCUT2D eigenvalue weighted by atomic mass is 9.95. The van der Waals surface area contributed by atoms with E-state index in [-0.39, 0.29) is 6.61 Å². The third kappa shape index (κ3) is 3.92. The number of methoxy groups -OCH3 is 1. The summed E-state index contributed by atoms with van der Waals surface area (Å²) in [5.74, 6) is 0. The molecule has 32 heavy (non-hydrogen) atoms. The van der Waals surface area contributed by atoms with Gasteiger partial charge in [0.15, 0.2) is 12.6 Å². The third-order valence-corrected chi connectivity index (χ3v) is 5.95. The van der Waals surface area contributed by atoms with Crippen molar-refractivity contribution in [3.63, 3.8) is 0 Å². The van der Waals surface area contributed by atoms with E-state index in [2.05, 4.69) is 5.32 Å². The minimum Gasteiger partial charge on any atom is -0.423 e. The van der Waals surface area contributed by atoms with Crippen molar-refractivity contribution in [3.8, 4) is 0 Å². The predicted octanol–water partition coefficient (Wildman–Crippen LogP) is 2.73. The van der Waals surface area contributed by atoms with Crippen LogP contribution < -0.4 is 10.9 Å². The second-order valence-corrected chi connectivity index (χ2v) is 8.08. The summed E-state index contributed by atoms with van der Waals surface area (Å²) in [5.41, 5.74) is 2.42. The van der Waals surface area contributed by atoms with Crippen molar-refractivity contribution in [1.82, 2.24) is 0 Å². The molecule has 0 amide bonds. The molecule has 168 valence electrons. The van der Waals surface area contributed by atoms with Crippen molar-refractivity contribution < 1.29 is 28.5 Å². The molecule has 5 rings (SSSR count). The van der Waals surface area contributed by atoms with E-state index in [0.717, 1.165) is 16.5 Å². The number of anilines is 1. The maximum atomic E-state index is 11.8. The number of aliphatic hydroxyl groups excluding tert-OH is 1. The number of fused-ring (bicyclic) bond motifs is 2. The highest BCUT2D eigenvalue weighted by Gasteiger charge is 2.49. The molecule has 2 fully saturated rings. The third-order valence-electron chi connectivity index (χ3n) is 5.95. The number of aryl methyl sites for hydroxylation is 1. The first-order valence-electron chi connectivity index (χ1n) is 10.5. The standard InChI is InChI=1S/C24H25NO7/c1-13-10-19(26)30-17-11-15(8-9-16(13)17)25-20-21(27)22-18(31-24(20)28-2)12-29-23(32-22)14-6-4-3-5-7-14/h3-11,18,20-25,27H,12H2,1-2H3. The molecule has 3 aromatic rings. The lowest BCUT2D eigenvalue weighted by molar-refractivity contribution is -0.337. The SMILES string of the molecule is COC1OC2COC(c3ccccc3)OC2C(O)C1Nc1ccc2c(C)cc(=O)oc2c1. The van der Waals surface area contributed by atoms with Gasteiger partial charge in [0.2, 0.25) is 0 Å². The summed E-state index contributed by atoms with van der Waals surface area (Å²) in [6, 6.07) is 15.9. The van der Waals surface area contributed by atoms with Crippen LogP contribution in [0.1, 0.15) is 17.4 Å². The summed E-state index contributed by atoms with van der Waals surface area (Å²) < 4.78 is 28.8. The second-order valence-electron chi connectivity index (χ2n) is 8.08. The van der Waals surface area contributed by atoms with E-state index in [4.69, 9.17) is 23.4 Å². The van der Waals surface area contributed by atoms with E-state index in [0.29, 0.717) is 11.3 Å². The molecule has 0 bridgehead atoms. The number of aliphatic hydroxyl groups is 1. The van der Waals surface area contributed by atoms with Crippen molar-refractivity contribution in [2.45, 2.75) is 43.9 Å². The van der Waals surface area contributed by atoms with Crippen LogP contribution >= 0.6 is 0 Å². The van der Waals surface area contributed by atoms with E-state index >= 15 is 0 Å². The lowest BCUT2D eigenvalue weighted by Gasteiger charge is -2.47. The Bertz CT molecular complexity index is 1150. The van der Waals surface area contributed by atoms with Gasteiger partial charge in [0, 0.05) is 35.9 Å². The van der Waals surface area contributed by atoms with Gasteiger partial charge in [-0.15, -0.1) is 0 Å². The molecule has 2 aliphatic heterocycles. The first-order valence-corrected chi connectivity index (χ1v) is 10.5. The van der Waals surface area contributed by atoms with E-state index in [1.165, 1.54) is 13.2 Å². The zero-order chi connectivity index (χ0) is 22.2. The van der Waals surface area contributed by atoms with Gasteiger partial charge in [0.05, 0.1) is 6.61 Å². The summed E-state index contributed by atoms with van der Waals surface area (Å²) in [7, 11) is 1.52. The Hall–Kier alpha value is -2.75. The van der Waals surface area contributed by atoms with Gasteiger partial charge in [-0.3, -0.25) is 0 Å². The fraction of sp³-hybridized carbons (Fsp3) is 0.375. The van der Waals surface area contributed by atoms with Crippen LogP contribution in [0.4, 0.5) is 5.69 Å². The van der Waals surface area contributed by atoms with Crippen LogP contribution in [0.3, 0.4) is 0 Å². The van der Waals surface area contributed by atoms with E-state index in [9.17, 15) is 9.90 Å². The molecule has 0 spiro atoms. The summed E-state index contributed by atoms with van der Waals surface area (Å²) in [5, 5.41) is 15.3. The van der Waals surface area contributed by atoms with Crippen LogP contribution in [0.25, 0.3) is 11.0 Å². The van der Waals surface area contributed by atoms with Gasteiger partial charge in [-0.05, 0) is 24.6 Å². The molecule has 2 aliphatic rings. The Morgan fingerprint density at radius 1 is 1.09 bits per heavy atom. The highest BCUT2D eigenvalue weighted by atomic mass is 16.7. The summed E-state index contributed by atoms with van der Waals surface area (Å²) in [6.07, 6.45) is -3.34. The van der Waals surface area contributed by atoms with Crippen molar-refractivity contribution in [2.75, 3.05) is 19.0 Å². The van der Waals surface area contributed by atoms with Gasteiger partial charge in [-0.25, -0.2) is 4.79 Å². The Labute approximate surface area is 184 Å². The molecule has 0 saturated carbocycles. The fourth-order valence-corrected chi connectivity index (χ4v) is 4.33. The molecule has 2 saturated heterocycles. The number of ether oxygens (including phenoxy) is 4. The normalized spacial score (nSPS) is 30.1. The molecule has 8 nitrogen and oxygen atoms in total. The molecule has 2 aromatic carbocycles. The minimum absolute atomic E-state index is 0.272. The summed E-state index contributed by atoms with van der Waals surface area (Å²) in [6.45, 7) is 2.13. The predicted molar refractivity (Wildman–Crippen MR) is 116 cm³/mol. The molecular formula is C24H25NO7. The molecule has 8 heteroatoms. The topological polar surface area (TPSA) is 99.4 Å². The Balaban J connectivity index is 1.39. The van der Waals surface area contributed by atoms with E-state index in [1.807, 2.05) is 49.4 Å². The molecule has 1 aromatic heterocycles. The van der Waals surface area contributed by atoms with Gasteiger partial charge in [0.25, 0.3) is 0 Å². The van der Waals surface area contributed by atoms with Gasteiger partial charge >= 0.3 is 5.63 Å². The van der Waals surface area contributed by atoms with Crippen LogP contribution in [-0.4, -0.2) is 49.5 Å².